The third-order valence-electron chi connectivity index (χ3n) is 2.74. The highest BCUT2D eigenvalue weighted by atomic mass is 35.5. The minimum Gasteiger partial charge on any atom is -0.449 e. The van der Waals surface area contributed by atoms with Crippen LogP contribution in [-0.2, 0) is 21.3 Å². The van der Waals surface area contributed by atoms with Crippen LogP contribution in [0.15, 0.2) is 43.9 Å². The third-order valence-corrected chi connectivity index (χ3v) is 7.03. The van der Waals surface area contributed by atoms with Gasteiger partial charge < -0.3 is 9.30 Å². The smallest absolute Gasteiger partial charge is 0.427 e. The van der Waals surface area contributed by atoms with E-state index < -0.39 is 16.1 Å². The lowest BCUT2D eigenvalue weighted by Gasteiger charge is -2.00. The van der Waals surface area contributed by atoms with E-state index in [1.807, 2.05) is 0 Å². The molecule has 0 bridgehead atoms. The zero-order chi connectivity index (χ0) is 19.2. The molecule has 0 aliphatic carbocycles. The maximum atomic E-state index is 12.4. The second-order valence-corrected chi connectivity index (χ2v) is 8.67. The van der Waals surface area contributed by atoms with Crippen molar-refractivity contribution < 1.29 is 17.9 Å². The molecule has 0 saturated heterocycles. The Morgan fingerprint density at radius 3 is 2.92 bits per heavy atom. The molecule has 8 nitrogen and oxygen atoms in total. The van der Waals surface area contributed by atoms with Gasteiger partial charge in [0.05, 0.1) is 17.7 Å². The van der Waals surface area contributed by atoms with Gasteiger partial charge in [0.15, 0.2) is 0 Å². The minimum atomic E-state index is -3.85. The van der Waals surface area contributed by atoms with Crippen molar-refractivity contribution in [2.24, 2.45) is 9.50 Å². The topological polar surface area (TPSA) is 102 Å². The third kappa shape index (κ3) is 5.04. The van der Waals surface area contributed by atoms with Gasteiger partial charge in [-0.15, -0.1) is 22.3 Å². The summed E-state index contributed by atoms with van der Waals surface area (Å²) in [5.41, 5.74) is 2.17. The van der Waals surface area contributed by atoms with Crippen molar-refractivity contribution >= 4 is 56.6 Å². The number of carbonyl (C=O) groups is 1. The molecule has 0 spiro atoms. The number of hydrogen-bond donors (Lipinski definition) is 1. The van der Waals surface area contributed by atoms with Crippen LogP contribution in [0.2, 0.25) is 5.15 Å². The van der Waals surface area contributed by atoms with Gasteiger partial charge in [0, 0.05) is 6.54 Å². The van der Waals surface area contributed by atoms with Crippen molar-refractivity contribution in [3.05, 3.63) is 45.0 Å². The van der Waals surface area contributed by atoms with Crippen LogP contribution in [0.1, 0.15) is 11.8 Å². The fourth-order valence-electron chi connectivity index (χ4n) is 1.71. The molecule has 0 fully saturated rings. The quantitative estimate of drug-likeness (QED) is 0.411. The number of aromatic nitrogens is 1. The summed E-state index contributed by atoms with van der Waals surface area (Å²) in [6.45, 7) is 5.76. The molecular weight excluding hydrogens is 420 g/mol. The van der Waals surface area contributed by atoms with E-state index in [9.17, 15) is 13.2 Å². The van der Waals surface area contributed by atoms with Gasteiger partial charge in [-0.3, -0.25) is 0 Å². The van der Waals surface area contributed by atoms with Gasteiger partial charge >= 0.3 is 6.09 Å². The molecule has 26 heavy (non-hydrogen) atoms. The van der Waals surface area contributed by atoms with Gasteiger partial charge in [-0.1, -0.05) is 35.1 Å². The highest BCUT2D eigenvalue weighted by molar-refractivity contribution is 7.92. The van der Waals surface area contributed by atoms with Crippen LogP contribution in [0.25, 0.3) is 0 Å². The Morgan fingerprint density at radius 2 is 2.31 bits per heavy atom. The van der Waals surface area contributed by atoms with Crippen molar-refractivity contribution in [3.8, 4) is 0 Å². The van der Waals surface area contributed by atoms with Crippen LogP contribution in [0, 0.1) is 0 Å². The molecule has 0 radical (unpaired) electrons. The summed E-state index contributed by atoms with van der Waals surface area (Å²) in [7, 11) is -3.85. The summed E-state index contributed by atoms with van der Waals surface area (Å²) in [4.78, 5) is 11.8. The lowest BCUT2D eigenvalue weighted by Crippen LogP contribution is -2.18. The maximum absolute atomic E-state index is 12.4. The second kappa shape index (κ2) is 9.12. The van der Waals surface area contributed by atoms with E-state index in [0.717, 1.165) is 22.7 Å². The maximum Gasteiger partial charge on any atom is 0.427 e. The molecule has 1 amide bonds. The molecule has 0 aliphatic heterocycles. The molecule has 0 aromatic carbocycles. The standard InChI is InChI=1S/C14H15ClN4O4S3/c1-3-7-19-12(15)10(9-16-17-14(20)23-4-2)25-13(19)18-26(21,22)11-6-5-8-24-11/h3,5-6,8-9H,1,4,7H2,2H3,(H,17,20)/b16-9+,18-13-. The number of nitrogens with zero attached hydrogens (tertiary/aromatic N) is 3. The molecule has 0 saturated carbocycles. The molecule has 140 valence electrons. The fraction of sp³-hybridized carbons (Fsp3) is 0.214. The van der Waals surface area contributed by atoms with E-state index in [0.29, 0.717) is 4.88 Å². The summed E-state index contributed by atoms with van der Waals surface area (Å²) >= 11 is 8.37. The van der Waals surface area contributed by atoms with Gasteiger partial charge in [0.1, 0.15) is 9.36 Å². The van der Waals surface area contributed by atoms with E-state index in [4.69, 9.17) is 11.6 Å². The van der Waals surface area contributed by atoms with Gasteiger partial charge in [-0.05, 0) is 18.4 Å². The molecule has 0 aliphatic rings. The predicted octanol–water partition coefficient (Wildman–Crippen LogP) is 2.82. The second-order valence-electron chi connectivity index (χ2n) is 4.53. The largest absolute Gasteiger partial charge is 0.449 e. The van der Waals surface area contributed by atoms with Crippen LogP contribution in [0.4, 0.5) is 4.79 Å². The Kier molecular flexibility index (Phi) is 7.14. The van der Waals surface area contributed by atoms with E-state index in [1.165, 1.54) is 16.8 Å². The molecule has 2 rings (SSSR count). The minimum absolute atomic E-state index is 0.131. The number of amides is 1. The number of ether oxygens (including phenoxy) is 1. The lowest BCUT2D eigenvalue weighted by atomic mass is 10.5. The monoisotopic (exact) mass is 434 g/mol. The number of sulfonamides is 1. The molecule has 0 atom stereocenters. The van der Waals surface area contributed by atoms with Gasteiger partial charge in [-0.2, -0.15) is 13.5 Å². The average Bonchev–Trinajstić information content (AvgIpc) is 3.20. The lowest BCUT2D eigenvalue weighted by molar-refractivity contribution is 0.152. The molecule has 12 heteroatoms. The Morgan fingerprint density at radius 1 is 1.54 bits per heavy atom. The normalized spacial score (nSPS) is 12.5. The Balaban J connectivity index is 2.41. The van der Waals surface area contributed by atoms with E-state index >= 15 is 0 Å². The fourth-order valence-corrected chi connectivity index (χ4v) is 5.15. The Labute approximate surface area is 163 Å². The summed E-state index contributed by atoms with van der Waals surface area (Å²) < 4.78 is 34.9. The molecule has 1 N–H and O–H groups in total. The molecule has 0 unspecified atom stereocenters. The Hall–Kier alpha value is -1.95. The first kappa shape index (κ1) is 20.4. The van der Waals surface area contributed by atoms with E-state index in [2.05, 4.69) is 26.2 Å². The SMILES string of the molecule is C=CCn1c(Cl)c(/C=N/NC(=O)OCC)s/c1=N\S(=O)(=O)c1cccs1. The first-order valence-electron chi connectivity index (χ1n) is 7.19. The van der Waals surface area contributed by atoms with E-state index in [-0.39, 0.29) is 27.3 Å². The number of hydrogen-bond acceptors (Lipinski definition) is 7. The summed E-state index contributed by atoms with van der Waals surface area (Å²) in [5.74, 6) is 0. The van der Waals surface area contributed by atoms with Crippen molar-refractivity contribution in [1.82, 2.24) is 9.99 Å². The highest BCUT2D eigenvalue weighted by Gasteiger charge is 2.16. The first-order valence-corrected chi connectivity index (χ1v) is 10.7. The predicted molar refractivity (Wildman–Crippen MR) is 102 cm³/mol. The van der Waals surface area contributed by atoms with Crippen molar-refractivity contribution in [2.75, 3.05) is 6.61 Å². The van der Waals surface area contributed by atoms with Crippen molar-refractivity contribution in [3.63, 3.8) is 0 Å². The van der Waals surface area contributed by atoms with Crippen LogP contribution in [0.3, 0.4) is 0 Å². The summed E-state index contributed by atoms with van der Waals surface area (Å²) in [5, 5.41) is 5.61. The molecule has 2 aromatic heterocycles. The number of rotatable bonds is 7. The van der Waals surface area contributed by atoms with Crippen molar-refractivity contribution in [2.45, 2.75) is 17.7 Å². The highest BCUT2D eigenvalue weighted by Crippen LogP contribution is 2.20. The zero-order valence-electron chi connectivity index (χ0n) is 13.6. The van der Waals surface area contributed by atoms with Crippen LogP contribution >= 0.6 is 34.3 Å². The molecular formula is C14H15ClN4O4S3. The van der Waals surface area contributed by atoms with Crippen LogP contribution in [-0.4, -0.2) is 31.9 Å². The molecule has 2 aromatic rings. The number of thiophene rings is 1. The van der Waals surface area contributed by atoms with Gasteiger partial charge in [-0.25, -0.2) is 10.2 Å². The van der Waals surface area contributed by atoms with Crippen LogP contribution in [0.5, 0.6) is 0 Å². The number of allylic oxidation sites excluding steroid dienone is 1. The summed E-state index contributed by atoms with van der Waals surface area (Å²) in [6.07, 6.45) is 2.15. The number of carbonyl (C=O) groups excluding carboxylic acids is 1. The van der Waals surface area contributed by atoms with E-state index in [1.54, 1.807) is 24.4 Å². The Bertz CT molecular complexity index is 974. The van der Waals surface area contributed by atoms with Gasteiger partial charge in [0.25, 0.3) is 10.0 Å². The number of nitrogens with one attached hydrogen (secondary N) is 1. The molecule has 2 heterocycles. The van der Waals surface area contributed by atoms with Gasteiger partial charge in [0.2, 0.25) is 4.80 Å². The summed E-state index contributed by atoms with van der Waals surface area (Å²) in [6, 6.07) is 3.10. The number of halogens is 1. The number of thiazole rings is 1. The first-order chi connectivity index (χ1) is 12.4. The van der Waals surface area contributed by atoms with Crippen molar-refractivity contribution in [1.29, 1.82) is 0 Å². The zero-order valence-corrected chi connectivity index (χ0v) is 16.8. The van der Waals surface area contributed by atoms with Crippen LogP contribution < -0.4 is 10.2 Å². The number of hydrazone groups is 1. The average molecular weight is 435 g/mol.